The number of hydrogen-bond acceptors (Lipinski definition) is 7. The lowest BCUT2D eigenvalue weighted by atomic mass is 9.91. The van der Waals surface area contributed by atoms with E-state index in [4.69, 9.17) is 16.3 Å². The summed E-state index contributed by atoms with van der Waals surface area (Å²) in [6.07, 6.45) is 5.04. The molecule has 0 bridgehead atoms. The van der Waals surface area contributed by atoms with Gasteiger partial charge in [0.25, 0.3) is 0 Å². The topological polar surface area (TPSA) is 125 Å². The SMILES string of the molecule is CNC(=O)N[C@@H](Cc1nc2ccc(Cl)cc2s1)C(=O)N[C@H](CNC(=O)/C=C/CN(C)C)C1CCOCC1. The number of amides is 4. The maximum Gasteiger partial charge on any atom is 0.315 e. The number of nitrogens with zero attached hydrogens (tertiary/aromatic N) is 2. The first-order valence-electron chi connectivity index (χ1n) is 12.3. The highest BCUT2D eigenvalue weighted by molar-refractivity contribution is 7.18. The maximum absolute atomic E-state index is 13.5. The minimum atomic E-state index is -0.853. The van der Waals surface area contributed by atoms with Crippen molar-refractivity contribution in [2.75, 3.05) is 47.4 Å². The average molecular weight is 551 g/mol. The van der Waals surface area contributed by atoms with Gasteiger partial charge in [0.2, 0.25) is 11.8 Å². The zero-order valence-corrected chi connectivity index (χ0v) is 23.0. The molecular formula is C25H35ClN6O4S. The van der Waals surface area contributed by atoms with Crippen molar-refractivity contribution < 1.29 is 19.1 Å². The van der Waals surface area contributed by atoms with Gasteiger partial charge in [0.15, 0.2) is 0 Å². The van der Waals surface area contributed by atoms with Crippen LogP contribution in [0.5, 0.6) is 0 Å². The lowest BCUT2D eigenvalue weighted by molar-refractivity contribution is -0.125. The van der Waals surface area contributed by atoms with E-state index in [9.17, 15) is 14.4 Å². The minimum Gasteiger partial charge on any atom is -0.381 e. The molecule has 0 saturated carbocycles. The molecule has 2 heterocycles. The zero-order chi connectivity index (χ0) is 26.8. The molecule has 3 rings (SSSR count). The number of urea groups is 1. The summed E-state index contributed by atoms with van der Waals surface area (Å²) in [6, 6.07) is 3.79. The lowest BCUT2D eigenvalue weighted by Gasteiger charge is -2.32. The molecule has 37 heavy (non-hydrogen) atoms. The molecule has 12 heteroatoms. The number of hydrogen-bond donors (Lipinski definition) is 4. The van der Waals surface area contributed by atoms with Crippen LogP contribution in [0, 0.1) is 5.92 Å². The molecule has 202 valence electrons. The van der Waals surface area contributed by atoms with E-state index in [1.165, 1.54) is 24.5 Å². The number of thiazole rings is 1. The molecular weight excluding hydrogens is 516 g/mol. The third-order valence-corrected chi connectivity index (χ3v) is 7.30. The number of likely N-dealkylation sites (N-methyl/N-ethyl adjacent to an activating group) is 1. The third-order valence-electron chi connectivity index (χ3n) is 6.02. The average Bonchev–Trinajstić information content (AvgIpc) is 3.27. The van der Waals surface area contributed by atoms with E-state index in [-0.39, 0.29) is 36.7 Å². The molecule has 0 aliphatic carbocycles. The number of carbonyl (C=O) groups is 3. The van der Waals surface area contributed by atoms with Crippen LogP contribution in [-0.2, 0) is 20.7 Å². The van der Waals surface area contributed by atoms with Crippen LogP contribution in [0.15, 0.2) is 30.4 Å². The number of nitrogens with one attached hydrogen (secondary N) is 4. The lowest BCUT2D eigenvalue weighted by Crippen LogP contribution is -2.56. The minimum absolute atomic E-state index is 0.133. The molecule has 0 radical (unpaired) electrons. The van der Waals surface area contributed by atoms with Crippen molar-refractivity contribution in [3.05, 3.63) is 40.4 Å². The molecule has 4 amide bonds. The molecule has 10 nitrogen and oxygen atoms in total. The van der Waals surface area contributed by atoms with Crippen LogP contribution in [0.3, 0.4) is 0 Å². The fourth-order valence-corrected chi connectivity index (χ4v) is 5.31. The Kier molecular flexibility index (Phi) is 11.1. The number of rotatable bonds is 11. The maximum atomic E-state index is 13.5. The molecule has 0 unspecified atom stereocenters. The summed E-state index contributed by atoms with van der Waals surface area (Å²) < 4.78 is 6.40. The van der Waals surface area contributed by atoms with Gasteiger partial charge in [0.1, 0.15) is 6.04 Å². The van der Waals surface area contributed by atoms with Gasteiger partial charge in [-0.25, -0.2) is 9.78 Å². The van der Waals surface area contributed by atoms with Gasteiger partial charge in [-0.15, -0.1) is 11.3 Å². The standard InChI is InChI=1S/C25H35ClN6O4S/c1-27-25(35)31-19(14-23-29-18-7-6-17(26)13-21(18)37-23)24(34)30-20(16-8-11-36-12-9-16)15-28-22(33)5-4-10-32(2)3/h4-7,13,16,19-20H,8-12,14-15H2,1-3H3,(H,28,33)(H,30,34)(H2,27,31,35)/b5-4+/t19-,20+/m0/s1. The first-order chi connectivity index (χ1) is 17.7. The van der Waals surface area contributed by atoms with Crippen LogP contribution in [0.2, 0.25) is 5.02 Å². The van der Waals surface area contributed by atoms with Crippen LogP contribution in [0.25, 0.3) is 10.2 Å². The van der Waals surface area contributed by atoms with Crippen molar-refractivity contribution in [1.29, 1.82) is 0 Å². The van der Waals surface area contributed by atoms with E-state index < -0.39 is 12.1 Å². The van der Waals surface area contributed by atoms with E-state index >= 15 is 0 Å². The number of fused-ring (bicyclic) bond motifs is 1. The Morgan fingerprint density at radius 3 is 2.70 bits per heavy atom. The number of carbonyl (C=O) groups excluding carboxylic acids is 3. The van der Waals surface area contributed by atoms with Gasteiger partial charge in [-0.3, -0.25) is 9.59 Å². The van der Waals surface area contributed by atoms with Gasteiger partial charge in [-0.05, 0) is 51.1 Å². The molecule has 4 N–H and O–H groups in total. The van der Waals surface area contributed by atoms with Gasteiger partial charge < -0.3 is 30.9 Å². The summed E-state index contributed by atoms with van der Waals surface area (Å²) >= 11 is 7.53. The van der Waals surface area contributed by atoms with Crippen LogP contribution >= 0.6 is 22.9 Å². The zero-order valence-electron chi connectivity index (χ0n) is 21.4. The van der Waals surface area contributed by atoms with Crippen LogP contribution < -0.4 is 21.3 Å². The van der Waals surface area contributed by atoms with E-state index in [2.05, 4.69) is 26.3 Å². The smallest absolute Gasteiger partial charge is 0.315 e. The largest absolute Gasteiger partial charge is 0.381 e. The summed E-state index contributed by atoms with van der Waals surface area (Å²) in [5.74, 6) is -0.426. The number of aromatic nitrogens is 1. The van der Waals surface area contributed by atoms with E-state index in [1.807, 2.05) is 31.1 Å². The van der Waals surface area contributed by atoms with E-state index in [0.717, 1.165) is 23.1 Å². The summed E-state index contributed by atoms with van der Waals surface area (Å²) in [5, 5.41) is 12.5. The van der Waals surface area contributed by atoms with Crippen LogP contribution in [0.1, 0.15) is 17.8 Å². The quantitative estimate of drug-likeness (QED) is 0.317. The molecule has 2 atom stereocenters. The monoisotopic (exact) mass is 550 g/mol. The summed E-state index contributed by atoms with van der Waals surface area (Å²) in [4.78, 5) is 44.5. The first kappa shape index (κ1) is 28.8. The van der Waals surface area contributed by atoms with Crippen molar-refractivity contribution in [3.8, 4) is 0 Å². The Morgan fingerprint density at radius 1 is 1.24 bits per heavy atom. The molecule has 1 aliphatic rings. The molecule has 1 aromatic heterocycles. The Bertz CT molecular complexity index is 1100. The van der Waals surface area contributed by atoms with E-state index in [0.29, 0.717) is 29.8 Å². The van der Waals surface area contributed by atoms with Crippen molar-refractivity contribution in [1.82, 2.24) is 31.2 Å². The van der Waals surface area contributed by atoms with Crippen LogP contribution in [-0.4, -0.2) is 87.3 Å². The number of ether oxygens (including phenoxy) is 1. The second-order valence-electron chi connectivity index (χ2n) is 9.17. The van der Waals surface area contributed by atoms with Crippen molar-refractivity contribution in [3.63, 3.8) is 0 Å². The number of halogens is 1. The summed E-state index contributed by atoms with van der Waals surface area (Å²) in [7, 11) is 5.34. The van der Waals surface area contributed by atoms with Crippen molar-refractivity contribution >= 4 is 51.0 Å². The molecule has 1 aliphatic heterocycles. The van der Waals surface area contributed by atoms with Gasteiger partial charge in [-0.2, -0.15) is 0 Å². The highest BCUT2D eigenvalue weighted by atomic mass is 35.5. The Labute approximate surface area is 226 Å². The third kappa shape index (κ3) is 9.26. The summed E-state index contributed by atoms with van der Waals surface area (Å²) in [6.45, 7) is 2.12. The van der Waals surface area contributed by atoms with Gasteiger partial charge >= 0.3 is 6.03 Å². The van der Waals surface area contributed by atoms with Gasteiger partial charge in [0.05, 0.1) is 15.2 Å². The first-order valence-corrected chi connectivity index (χ1v) is 13.4. The molecule has 1 fully saturated rings. The van der Waals surface area contributed by atoms with Gasteiger partial charge in [-0.1, -0.05) is 17.7 Å². The van der Waals surface area contributed by atoms with Crippen molar-refractivity contribution in [2.24, 2.45) is 5.92 Å². The summed E-state index contributed by atoms with van der Waals surface area (Å²) in [5.41, 5.74) is 0.786. The molecule has 2 aromatic rings. The Balaban J connectivity index is 1.72. The fourth-order valence-electron chi connectivity index (χ4n) is 4.02. The van der Waals surface area contributed by atoms with Crippen molar-refractivity contribution in [2.45, 2.75) is 31.3 Å². The predicted molar refractivity (Wildman–Crippen MR) is 146 cm³/mol. The Hall–Kier alpha value is -2.73. The Morgan fingerprint density at radius 2 is 2.00 bits per heavy atom. The molecule has 1 saturated heterocycles. The highest BCUT2D eigenvalue weighted by Crippen LogP contribution is 2.26. The number of benzene rings is 1. The predicted octanol–water partition coefficient (Wildman–Crippen LogP) is 1.94. The molecule has 1 aromatic carbocycles. The van der Waals surface area contributed by atoms with E-state index in [1.54, 1.807) is 12.1 Å². The normalized spacial score (nSPS) is 16.0. The van der Waals surface area contributed by atoms with Gasteiger partial charge in [0, 0.05) is 56.9 Å². The second kappa shape index (κ2) is 14.3. The van der Waals surface area contributed by atoms with Crippen LogP contribution in [0.4, 0.5) is 4.79 Å². The second-order valence-corrected chi connectivity index (χ2v) is 10.7. The highest BCUT2D eigenvalue weighted by Gasteiger charge is 2.30. The molecule has 0 spiro atoms. The fraction of sp³-hybridized carbons (Fsp3) is 0.520.